The van der Waals surface area contributed by atoms with Gasteiger partial charge in [0.25, 0.3) is 0 Å². The number of carbonyl (C=O) groups is 2. The molecular weight excluding hydrogens is 494 g/mol. The lowest BCUT2D eigenvalue weighted by atomic mass is 9.84. The van der Waals surface area contributed by atoms with E-state index in [4.69, 9.17) is 9.47 Å². The van der Waals surface area contributed by atoms with Crippen LogP contribution in [0.2, 0.25) is 0 Å². The average molecular weight is 540 g/mol. The summed E-state index contributed by atoms with van der Waals surface area (Å²) in [5.41, 5.74) is 3.80. The molecule has 3 rings (SSSR count). The summed E-state index contributed by atoms with van der Waals surface area (Å²) in [5, 5.41) is 0. The van der Waals surface area contributed by atoms with Crippen LogP contribution in [0.25, 0.3) is 11.1 Å². The van der Waals surface area contributed by atoms with Crippen molar-refractivity contribution in [1.82, 2.24) is 4.90 Å². The lowest BCUT2D eigenvalue weighted by Gasteiger charge is -2.36. The number of thioether (sulfide) groups is 1. The van der Waals surface area contributed by atoms with Gasteiger partial charge in [0, 0.05) is 18.3 Å². The molecule has 0 saturated heterocycles. The van der Waals surface area contributed by atoms with Crippen molar-refractivity contribution in [1.29, 1.82) is 0 Å². The first-order valence-corrected chi connectivity index (χ1v) is 15.1. The van der Waals surface area contributed by atoms with E-state index in [1.54, 1.807) is 0 Å². The van der Waals surface area contributed by atoms with Crippen LogP contribution in [0.4, 0.5) is 4.79 Å². The summed E-state index contributed by atoms with van der Waals surface area (Å²) in [4.78, 5) is 28.3. The zero-order valence-corrected chi connectivity index (χ0v) is 24.9. The molecule has 2 aromatic carbocycles. The Balaban J connectivity index is 2.01. The molecule has 5 nitrogen and oxygen atoms in total. The first-order valence-electron chi connectivity index (χ1n) is 14.0. The minimum Gasteiger partial charge on any atom is -0.465 e. The van der Waals surface area contributed by atoms with Crippen LogP contribution < -0.4 is 0 Å². The third-order valence-corrected chi connectivity index (χ3v) is 8.22. The normalized spacial score (nSPS) is 15.1. The maximum Gasteiger partial charge on any atom is 0.410 e. The molecule has 1 fully saturated rings. The van der Waals surface area contributed by atoms with E-state index in [-0.39, 0.29) is 18.1 Å². The van der Waals surface area contributed by atoms with Crippen molar-refractivity contribution in [3.05, 3.63) is 59.2 Å². The molecule has 0 N–H and O–H groups in total. The van der Waals surface area contributed by atoms with Gasteiger partial charge in [-0.25, -0.2) is 9.59 Å². The van der Waals surface area contributed by atoms with E-state index >= 15 is 0 Å². The Morgan fingerprint density at radius 2 is 1.76 bits per heavy atom. The Bertz CT molecular complexity index is 1070. The second kappa shape index (κ2) is 14.1. The molecule has 0 radical (unpaired) electrons. The van der Waals surface area contributed by atoms with Crippen LogP contribution in [-0.4, -0.2) is 47.2 Å². The highest BCUT2D eigenvalue weighted by atomic mass is 32.2. The number of amides is 1. The number of carbonyl (C=O) groups excluding carboxylic acids is 2. The molecule has 0 heterocycles. The summed E-state index contributed by atoms with van der Waals surface area (Å²) in [6.45, 7) is 10.4. The molecule has 1 saturated carbocycles. The second-order valence-corrected chi connectivity index (χ2v) is 12.7. The Kier molecular flexibility index (Phi) is 11.1. The Labute approximate surface area is 233 Å². The van der Waals surface area contributed by atoms with Crippen LogP contribution in [0.15, 0.2) is 42.5 Å². The second-order valence-electron chi connectivity index (χ2n) is 11.3. The molecule has 1 aliphatic carbocycles. The fraction of sp³-hybridized carbons (Fsp3) is 0.562. The highest BCUT2D eigenvalue weighted by Crippen LogP contribution is 2.33. The van der Waals surface area contributed by atoms with Crippen LogP contribution in [-0.2, 0) is 16.0 Å². The van der Waals surface area contributed by atoms with E-state index in [1.165, 1.54) is 39.2 Å². The van der Waals surface area contributed by atoms with Gasteiger partial charge >= 0.3 is 12.1 Å². The molecule has 2 aromatic rings. The number of ether oxygens (including phenoxy) is 2. The van der Waals surface area contributed by atoms with E-state index in [0.717, 1.165) is 40.2 Å². The molecule has 208 valence electrons. The number of benzene rings is 2. The smallest absolute Gasteiger partial charge is 0.410 e. The van der Waals surface area contributed by atoms with Gasteiger partial charge in [-0.15, -0.1) is 0 Å². The number of methoxy groups -OCH3 is 1. The van der Waals surface area contributed by atoms with E-state index in [1.807, 2.05) is 86.8 Å². The molecule has 6 heteroatoms. The standard InChI is InChI=1S/C32H45NO4S/c1-7-38-22-26(19-24-14-9-8-10-15-24)33(31(35)37-32(3,4)5)21-25-17-18-28(30(34)36-6)29(20-25)27-16-12-11-13-23(27)2/h11-13,16-18,20,24,26H,7-10,14-15,19,21-22H2,1-6H3. The summed E-state index contributed by atoms with van der Waals surface area (Å²) in [7, 11) is 1.41. The van der Waals surface area contributed by atoms with Crippen LogP contribution >= 0.6 is 11.8 Å². The van der Waals surface area contributed by atoms with E-state index in [0.29, 0.717) is 18.0 Å². The third kappa shape index (κ3) is 8.52. The summed E-state index contributed by atoms with van der Waals surface area (Å²) in [5.74, 6) is 2.17. The van der Waals surface area contributed by atoms with Crippen molar-refractivity contribution < 1.29 is 19.1 Å². The van der Waals surface area contributed by atoms with Gasteiger partial charge in [0.2, 0.25) is 0 Å². The largest absolute Gasteiger partial charge is 0.465 e. The zero-order valence-electron chi connectivity index (χ0n) is 24.0. The van der Waals surface area contributed by atoms with Crippen LogP contribution in [0.5, 0.6) is 0 Å². The molecule has 1 unspecified atom stereocenters. The lowest BCUT2D eigenvalue weighted by molar-refractivity contribution is 0.0132. The first kappa shape index (κ1) is 30.1. The number of hydrogen-bond acceptors (Lipinski definition) is 5. The van der Waals surface area contributed by atoms with E-state index in [2.05, 4.69) is 6.92 Å². The molecule has 1 atom stereocenters. The predicted molar refractivity (Wildman–Crippen MR) is 158 cm³/mol. The van der Waals surface area contributed by atoms with Crippen molar-refractivity contribution >= 4 is 23.8 Å². The molecule has 0 spiro atoms. The van der Waals surface area contributed by atoms with Gasteiger partial charge in [-0.05, 0) is 80.2 Å². The summed E-state index contributed by atoms with van der Waals surface area (Å²) in [6, 6.07) is 13.9. The van der Waals surface area contributed by atoms with Crippen LogP contribution in [0.1, 0.15) is 87.7 Å². The van der Waals surface area contributed by atoms with Crippen molar-refractivity contribution in [2.24, 2.45) is 5.92 Å². The lowest BCUT2D eigenvalue weighted by Crippen LogP contribution is -2.45. The van der Waals surface area contributed by atoms with Gasteiger partial charge in [-0.3, -0.25) is 0 Å². The minimum absolute atomic E-state index is 0.0834. The molecule has 0 aromatic heterocycles. The molecule has 1 aliphatic rings. The quantitative estimate of drug-likeness (QED) is 0.284. The zero-order chi connectivity index (χ0) is 27.7. The van der Waals surface area contributed by atoms with Gasteiger partial charge in [-0.1, -0.05) is 69.4 Å². The summed E-state index contributed by atoms with van der Waals surface area (Å²) < 4.78 is 11.0. The minimum atomic E-state index is -0.580. The monoisotopic (exact) mass is 539 g/mol. The predicted octanol–water partition coefficient (Wildman–Crippen LogP) is 8.28. The Hall–Kier alpha value is -2.47. The van der Waals surface area contributed by atoms with Crippen molar-refractivity contribution in [3.63, 3.8) is 0 Å². The number of hydrogen-bond donors (Lipinski definition) is 0. The van der Waals surface area contributed by atoms with Gasteiger partial charge < -0.3 is 14.4 Å². The Morgan fingerprint density at radius 3 is 2.39 bits per heavy atom. The van der Waals surface area contributed by atoms with Crippen molar-refractivity contribution in [2.45, 2.75) is 91.3 Å². The molecule has 38 heavy (non-hydrogen) atoms. The Morgan fingerprint density at radius 1 is 1.05 bits per heavy atom. The average Bonchev–Trinajstić information content (AvgIpc) is 2.89. The maximum absolute atomic E-state index is 13.7. The van der Waals surface area contributed by atoms with Gasteiger partial charge in [-0.2, -0.15) is 11.8 Å². The number of nitrogens with zero attached hydrogens (tertiary/aromatic N) is 1. The molecular formula is C32H45NO4S. The van der Waals surface area contributed by atoms with Crippen LogP contribution in [0.3, 0.4) is 0 Å². The third-order valence-electron chi connectivity index (χ3n) is 7.19. The van der Waals surface area contributed by atoms with E-state index in [9.17, 15) is 9.59 Å². The van der Waals surface area contributed by atoms with Gasteiger partial charge in [0.1, 0.15) is 5.60 Å². The number of rotatable bonds is 10. The SMILES string of the molecule is CCSCC(CC1CCCCC1)N(Cc1ccc(C(=O)OC)c(-c2ccccc2C)c1)C(=O)OC(C)(C)C. The molecule has 0 bridgehead atoms. The van der Waals surface area contributed by atoms with Crippen molar-refractivity contribution in [2.75, 3.05) is 18.6 Å². The molecule has 1 amide bonds. The fourth-order valence-electron chi connectivity index (χ4n) is 5.28. The summed E-state index contributed by atoms with van der Waals surface area (Å²) in [6.07, 6.45) is 7.07. The highest BCUT2D eigenvalue weighted by Gasteiger charge is 2.31. The van der Waals surface area contributed by atoms with Gasteiger partial charge in [0.05, 0.1) is 12.7 Å². The number of esters is 1. The first-order chi connectivity index (χ1) is 18.1. The van der Waals surface area contributed by atoms with E-state index < -0.39 is 5.60 Å². The fourth-order valence-corrected chi connectivity index (χ4v) is 6.11. The van der Waals surface area contributed by atoms with Gasteiger partial charge in [0.15, 0.2) is 0 Å². The maximum atomic E-state index is 13.7. The number of aryl methyl sites for hydroxylation is 1. The van der Waals surface area contributed by atoms with Crippen molar-refractivity contribution in [3.8, 4) is 11.1 Å². The topological polar surface area (TPSA) is 55.8 Å². The highest BCUT2D eigenvalue weighted by molar-refractivity contribution is 7.99. The molecule has 0 aliphatic heterocycles. The van der Waals surface area contributed by atoms with Crippen LogP contribution in [0, 0.1) is 12.8 Å². The summed E-state index contributed by atoms with van der Waals surface area (Å²) >= 11 is 1.88.